The molecular weight excluding hydrogens is 487 g/mol. The van der Waals surface area contributed by atoms with Crippen molar-refractivity contribution >= 4 is 21.8 Å². The van der Waals surface area contributed by atoms with Crippen LogP contribution in [0.4, 0.5) is 13.2 Å². The van der Waals surface area contributed by atoms with Crippen LogP contribution in [0.2, 0.25) is 0 Å². The number of aliphatic hydroxyl groups excluding tert-OH is 1. The lowest BCUT2D eigenvalue weighted by Gasteiger charge is -2.67. The lowest BCUT2D eigenvalue weighted by atomic mass is 9.43. The number of alkyl halides is 4. The van der Waals surface area contributed by atoms with Gasteiger partial charge in [0.2, 0.25) is 0 Å². The van der Waals surface area contributed by atoms with Crippen LogP contribution in [-0.2, 0) is 19.1 Å². The summed E-state index contributed by atoms with van der Waals surface area (Å²) < 4.78 is 49.3. The standard InChI is InChI=1S/C24H29BrF3NO3/c1-11-5-6-17-21(2,3)19(25)16(30)9-23(17)22(11,4)8-13-15(24(26,27)28)7-12-14(18(13)32-23)10-29-20(12)31/h7,11,16-17,19,30H,5-6,8-10H2,1-4H3,(H,29,31)/t11-,16?,17-,19?,22+,23-/m0/s1. The summed E-state index contributed by atoms with van der Waals surface area (Å²) in [7, 11) is 0. The Morgan fingerprint density at radius 2 is 1.91 bits per heavy atom. The van der Waals surface area contributed by atoms with E-state index < -0.39 is 34.8 Å². The fourth-order valence-electron chi connectivity index (χ4n) is 7.28. The number of hydrogen-bond donors (Lipinski definition) is 2. The number of nitrogens with one attached hydrogen (secondary N) is 1. The summed E-state index contributed by atoms with van der Waals surface area (Å²) in [5.74, 6) is -0.121. The van der Waals surface area contributed by atoms with Crippen molar-refractivity contribution in [3.8, 4) is 5.75 Å². The largest absolute Gasteiger partial charge is 0.486 e. The Morgan fingerprint density at radius 3 is 2.56 bits per heavy atom. The number of aliphatic hydroxyl groups is 1. The number of fused-ring (bicyclic) bond motifs is 3. The Kier molecular flexibility index (Phi) is 4.68. The van der Waals surface area contributed by atoms with E-state index in [1.807, 2.05) is 6.92 Å². The van der Waals surface area contributed by atoms with Gasteiger partial charge in [0.1, 0.15) is 11.4 Å². The van der Waals surface area contributed by atoms with Gasteiger partial charge in [-0.15, -0.1) is 0 Å². The van der Waals surface area contributed by atoms with Crippen molar-refractivity contribution in [3.05, 3.63) is 28.3 Å². The smallest absolute Gasteiger partial charge is 0.416 e. The predicted molar refractivity (Wildman–Crippen MR) is 117 cm³/mol. The fourth-order valence-corrected chi connectivity index (χ4v) is 7.78. The molecule has 2 heterocycles. The summed E-state index contributed by atoms with van der Waals surface area (Å²) in [6, 6.07) is 1.00. The van der Waals surface area contributed by atoms with Gasteiger partial charge in [-0.2, -0.15) is 13.2 Å². The van der Waals surface area contributed by atoms with E-state index in [4.69, 9.17) is 4.74 Å². The first kappa shape index (κ1) is 22.5. The molecule has 8 heteroatoms. The molecule has 4 nitrogen and oxygen atoms in total. The van der Waals surface area contributed by atoms with Gasteiger partial charge in [0.25, 0.3) is 5.91 Å². The zero-order valence-electron chi connectivity index (χ0n) is 18.7. The number of hydrogen-bond acceptors (Lipinski definition) is 3. The number of halogens is 4. The molecule has 176 valence electrons. The molecule has 1 aromatic carbocycles. The SMILES string of the molecule is C[C@H]1CC[C@H]2C(C)(C)C(Br)C(O)C[C@]23Oc2c4c(cc(C(F)(F)F)c2C[C@]13C)C(=O)NC4. The van der Waals surface area contributed by atoms with Gasteiger partial charge in [0.15, 0.2) is 0 Å². The lowest BCUT2D eigenvalue weighted by Crippen LogP contribution is -2.72. The highest BCUT2D eigenvalue weighted by Crippen LogP contribution is 2.67. The molecule has 32 heavy (non-hydrogen) atoms. The van der Waals surface area contributed by atoms with E-state index >= 15 is 0 Å². The van der Waals surface area contributed by atoms with E-state index in [9.17, 15) is 23.1 Å². The minimum Gasteiger partial charge on any atom is -0.486 e. The highest BCUT2D eigenvalue weighted by molar-refractivity contribution is 9.09. The van der Waals surface area contributed by atoms with Crippen LogP contribution in [0.5, 0.6) is 5.75 Å². The lowest BCUT2D eigenvalue weighted by molar-refractivity contribution is -0.228. The summed E-state index contributed by atoms with van der Waals surface area (Å²) in [6.45, 7) is 8.52. The Balaban J connectivity index is 1.79. The normalized spacial score (nSPS) is 39.8. The number of carbonyl (C=O) groups is 1. The molecular formula is C24H29BrF3NO3. The van der Waals surface area contributed by atoms with Crippen molar-refractivity contribution in [1.82, 2.24) is 5.32 Å². The number of ether oxygens (including phenoxy) is 1. The molecule has 4 aliphatic rings. The van der Waals surface area contributed by atoms with Crippen molar-refractivity contribution in [2.75, 3.05) is 0 Å². The van der Waals surface area contributed by atoms with Gasteiger partial charge in [-0.3, -0.25) is 4.79 Å². The maximum Gasteiger partial charge on any atom is 0.416 e. The molecule has 1 amide bonds. The minimum atomic E-state index is -4.59. The summed E-state index contributed by atoms with van der Waals surface area (Å²) in [5, 5.41) is 13.7. The van der Waals surface area contributed by atoms with Crippen LogP contribution in [0.25, 0.3) is 0 Å². The highest BCUT2D eigenvalue weighted by atomic mass is 79.9. The van der Waals surface area contributed by atoms with Gasteiger partial charge in [-0.05, 0) is 36.7 Å². The summed E-state index contributed by atoms with van der Waals surface area (Å²) >= 11 is 3.70. The van der Waals surface area contributed by atoms with Gasteiger partial charge in [0.05, 0.1) is 11.7 Å². The zero-order chi connectivity index (χ0) is 23.4. The number of benzene rings is 1. The van der Waals surface area contributed by atoms with Gasteiger partial charge in [0, 0.05) is 45.8 Å². The maximum absolute atomic E-state index is 14.2. The number of rotatable bonds is 0. The maximum atomic E-state index is 14.2. The summed E-state index contributed by atoms with van der Waals surface area (Å²) in [6.07, 6.45) is -2.93. The molecule has 6 atom stereocenters. The van der Waals surface area contributed by atoms with Crippen LogP contribution in [0, 0.1) is 22.7 Å². The van der Waals surface area contributed by atoms with E-state index in [-0.39, 0.29) is 51.9 Å². The van der Waals surface area contributed by atoms with Gasteiger partial charge in [-0.25, -0.2) is 0 Å². The molecule has 1 aromatic rings. The van der Waals surface area contributed by atoms with Crippen molar-refractivity contribution in [3.63, 3.8) is 0 Å². The Bertz CT molecular complexity index is 1010. The first-order chi connectivity index (χ1) is 14.7. The molecule has 2 aliphatic carbocycles. The quantitative estimate of drug-likeness (QED) is 0.465. The summed E-state index contributed by atoms with van der Waals surface area (Å²) in [4.78, 5) is 12.2. The van der Waals surface area contributed by atoms with E-state index in [1.54, 1.807) is 0 Å². The third-order valence-electron chi connectivity index (χ3n) is 9.26. The second-order valence-corrected chi connectivity index (χ2v) is 12.0. The molecule has 2 aliphatic heterocycles. The average Bonchev–Trinajstić information content (AvgIpc) is 3.06. The Hall–Kier alpha value is -1.28. The molecule has 0 aromatic heterocycles. The van der Waals surface area contributed by atoms with Gasteiger partial charge in [-0.1, -0.05) is 43.6 Å². The van der Waals surface area contributed by atoms with Crippen molar-refractivity contribution in [1.29, 1.82) is 0 Å². The minimum absolute atomic E-state index is 0.0467. The van der Waals surface area contributed by atoms with Crippen molar-refractivity contribution in [2.45, 2.75) is 82.6 Å². The molecule has 2 unspecified atom stereocenters. The van der Waals surface area contributed by atoms with E-state index in [0.29, 0.717) is 12.0 Å². The predicted octanol–water partition coefficient (Wildman–Crippen LogP) is 5.23. The average molecular weight is 516 g/mol. The fraction of sp³-hybridized carbons (Fsp3) is 0.708. The van der Waals surface area contributed by atoms with E-state index in [1.165, 1.54) is 0 Å². The second-order valence-electron chi connectivity index (χ2n) is 11.0. The van der Waals surface area contributed by atoms with Gasteiger partial charge >= 0.3 is 6.18 Å². The first-order valence-corrected chi connectivity index (χ1v) is 12.2. The van der Waals surface area contributed by atoms with Crippen LogP contribution in [0.15, 0.2) is 6.07 Å². The van der Waals surface area contributed by atoms with E-state index in [2.05, 4.69) is 42.0 Å². The topological polar surface area (TPSA) is 58.6 Å². The van der Waals surface area contributed by atoms with Crippen LogP contribution >= 0.6 is 15.9 Å². The third-order valence-corrected chi connectivity index (χ3v) is 11.0. The highest BCUT2D eigenvalue weighted by Gasteiger charge is 2.69. The monoisotopic (exact) mass is 515 g/mol. The molecule has 1 spiro atoms. The molecule has 5 rings (SSSR count). The van der Waals surface area contributed by atoms with Crippen LogP contribution in [0.1, 0.15) is 74.0 Å². The van der Waals surface area contributed by atoms with Crippen molar-refractivity contribution in [2.24, 2.45) is 22.7 Å². The third kappa shape index (κ3) is 2.68. The zero-order valence-corrected chi connectivity index (χ0v) is 20.3. The second kappa shape index (κ2) is 6.65. The van der Waals surface area contributed by atoms with Crippen LogP contribution in [-0.4, -0.2) is 27.5 Å². The molecule has 0 bridgehead atoms. The first-order valence-electron chi connectivity index (χ1n) is 11.3. The Morgan fingerprint density at radius 1 is 1.22 bits per heavy atom. The Labute approximate surface area is 194 Å². The summed E-state index contributed by atoms with van der Waals surface area (Å²) in [5.41, 5.74) is -1.78. The molecule has 0 saturated heterocycles. The number of carbonyl (C=O) groups excluding carboxylic acids is 1. The molecule has 2 saturated carbocycles. The van der Waals surface area contributed by atoms with E-state index in [0.717, 1.165) is 18.9 Å². The van der Waals surface area contributed by atoms with Crippen molar-refractivity contribution < 1.29 is 27.8 Å². The molecule has 0 radical (unpaired) electrons. The van der Waals surface area contributed by atoms with Crippen LogP contribution < -0.4 is 10.1 Å². The number of amides is 1. The molecule has 2 N–H and O–H groups in total. The van der Waals surface area contributed by atoms with Gasteiger partial charge < -0.3 is 15.2 Å². The van der Waals surface area contributed by atoms with Crippen LogP contribution in [0.3, 0.4) is 0 Å². The molecule has 2 fully saturated rings.